The SMILES string of the molecule is CN1CCCCC1CCOC(=O)c1cc(N)c(F)cc1Br. The van der Waals surface area contributed by atoms with Crippen LogP contribution >= 0.6 is 15.9 Å². The average Bonchev–Trinajstić information content (AvgIpc) is 2.44. The van der Waals surface area contributed by atoms with E-state index in [0.29, 0.717) is 17.1 Å². The summed E-state index contributed by atoms with van der Waals surface area (Å²) in [7, 11) is 2.10. The number of benzene rings is 1. The molecule has 4 nitrogen and oxygen atoms in total. The lowest BCUT2D eigenvalue weighted by Crippen LogP contribution is -2.37. The Balaban J connectivity index is 1.88. The van der Waals surface area contributed by atoms with Crippen LogP contribution in [0.15, 0.2) is 16.6 Å². The van der Waals surface area contributed by atoms with Crippen LogP contribution in [0, 0.1) is 5.82 Å². The van der Waals surface area contributed by atoms with Gasteiger partial charge in [-0.2, -0.15) is 0 Å². The van der Waals surface area contributed by atoms with Gasteiger partial charge in [0.25, 0.3) is 0 Å². The van der Waals surface area contributed by atoms with E-state index in [0.717, 1.165) is 19.4 Å². The third-order valence-corrected chi connectivity index (χ3v) is 4.57. The standard InChI is InChI=1S/C15H20BrFN2O2/c1-19-6-3-2-4-10(19)5-7-21-15(20)11-8-14(18)13(17)9-12(11)16/h8-10H,2-7,18H2,1H3. The van der Waals surface area contributed by atoms with Gasteiger partial charge >= 0.3 is 5.97 Å². The summed E-state index contributed by atoms with van der Waals surface area (Å²) >= 11 is 3.16. The highest BCUT2D eigenvalue weighted by atomic mass is 79.9. The smallest absolute Gasteiger partial charge is 0.339 e. The number of anilines is 1. The van der Waals surface area contributed by atoms with E-state index in [1.165, 1.54) is 25.0 Å². The molecular weight excluding hydrogens is 339 g/mol. The molecular formula is C15H20BrFN2O2. The molecule has 1 aliphatic rings. The fourth-order valence-electron chi connectivity index (χ4n) is 2.60. The van der Waals surface area contributed by atoms with E-state index < -0.39 is 11.8 Å². The molecule has 0 saturated carbocycles. The van der Waals surface area contributed by atoms with Crippen LogP contribution in [-0.4, -0.2) is 37.1 Å². The van der Waals surface area contributed by atoms with Crippen LogP contribution in [-0.2, 0) is 4.74 Å². The summed E-state index contributed by atoms with van der Waals surface area (Å²) in [6.45, 7) is 1.45. The second-order valence-electron chi connectivity index (χ2n) is 5.41. The summed E-state index contributed by atoms with van der Waals surface area (Å²) in [4.78, 5) is 14.3. The Morgan fingerprint density at radius 2 is 2.29 bits per heavy atom. The lowest BCUT2D eigenvalue weighted by Gasteiger charge is -2.32. The highest BCUT2D eigenvalue weighted by Gasteiger charge is 2.20. The molecule has 1 saturated heterocycles. The number of esters is 1. The molecule has 1 fully saturated rings. The molecule has 0 amide bonds. The molecule has 0 radical (unpaired) electrons. The van der Waals surface area contributed by atoms with Crippen molar-refractivity contribution in [2.24, 2.45) is 0 Å². The highest BCUT2D eigenvalue weighted by molar-refractivity contribution is 9.10. The lowest BCUT2D eigenvalue weighted by molar-refractivity contribution is 0.0449. The van der Waals surface area contributed by atoms with Gasteiger partial charge in [-0.3, -0.25) is 0 Å². The summed E-state index contributed by atoms with van der Waals surface area (Å²) < 4.78 is 18.9. The maximum absolute atomic E-state index is 13.2. The van der Waals surface area contributed by atoms with Gasteiger partial charge in [0.15, 0.2) is 0 Å². The van der Waals surface area contributed by atoms with Crippen molar-refractivity contribution < 1.29 is 13.9 Å². The molecule has 1 atom stereocenters. The maximum Gasteiger partial charge on any atom is 0.339 e. The van der Waals surface area contributed by atoms with E-state index in [1.54, 1.807) is 0 Å². The number of carbonyl (C=O) groups excluding carboxylic acids is 1. The van der Waals surface area contributed by atoms with E-state index in [-0.39, 0.29) is 11.3 Å². The van der Waals surface area contributed by atoms with Crippen molar-refractivity contribution in [3.05, 3.63) is 28.0 Å². The van der Waals surface area contributed by atoms with E-state index in [9.17, 15) is 9.18 Å². The van der Waals surface area contributed by atoms with E-state index >= 15 is 0 Å². The van der Waals surface area contributed by atoms with Gasteiger partial charge in [-0.1, -0.05) is 6.42 Å². The number of carbonyl (C=O) groups is 1. The molecule has 1 heterocycles. The summed E-state index contributed by atoms with van der Waals surface area (Å²) in [6, 6.07) is 2.95. The Morgan fingerprint density at radius 1 is 1.52 bits per heavy atom. The van der Waals surface area contributed by atoms with Gasteiger partial charge in [0.05, 0.1) is 17.9 Å². The van der Waals surface area contributed by atoms with Gasteiger partial charge in [-0.05, 0) is 60.9 Å². The number of hydrogen-bond donors (Lipinski definition) is 1. The average molecular weight is 359 g/mol. The van der Waals surface area contributed by atoms with Crippen LogP contribution in [0.1, 0.15) is 36.0 Å². The number of nitrogen functional groups attached to an aromatic ring is 1. The molecule has 1 unspecified atom stereocenters. The number of nitrogens with two attached hydrogens (primary N) is 1. The minimum absolute atomic E-state index is 0.0582. The second kappa shape index (κ2) is 7.22. The molecule has 6 heteroatoms. The quantitative estimate of drug-likeness (QED) is 0.663. The van der Waals surface area contributed by atoms with Crippen molar-refractivity contribution in [3.63, 3.8) is 0 Å². The van der Waals surface area contributed by atoms with Gasteiger partial charge in [0, 0.05) is 10.5 Å². The van der Waals surface area contributed by atoms with Crippen molar-refractivity contribution >= 4 is 27.6 Å². The first-order valence-electron chi connectivity index (χ1n) is 7.11. The monoisotopic (exact) mass is 358 g/mol. The summed E-state index contributed by atoms with van der Waals surface area (Å²) in [6.07, 6.45) is 4.41. The lowest BCUT2D eigenvalue weighted by atomic mass is 10.0. The third kappa shape index (κ3) is 4.17. The molecule has 1 aliphatic heterocycles. The summed E-state index contributed by atoms with van der Waals surface area (Å²) in [5.74, 6) is -1.03. The molecule has 0 aromatic heterocycles. The first kappa shape index (κ1) is 16.2. The molecule has 2 N–H and O–H groups in total. The number of hydrogen-bond acceptors (Lipinski definition) is 4. The van der Waals surface area contributed by atoms with Crippen molar-refractivity contribution in [2.45, 2.75) is 31.7 Å². The molecule has 116 valence electrons. The van der Waals surface area contributed by atoms with Crippen molar-refractivity contribution in [3.8, 4) is 0 Å². The van der Waals surface area contributed by atoms with Crippen LogP contribution in [0.3, 0.4) is 0 Å². The fraction of sp³-hybridized carbons (Fsp3) is 0.533. The van der Waals surface area contributed by atoms with Crippen LogP contribution < -0.4 is 5.73 Å². The molecule has 21 heavy (non-hydrogen) atoms. The molecule has 1 aromatic rings. The van der Waals surface area contributed by atoms with Gasteiger partial charge in [0.2, 0.25) is 0 Å². The van der Waals surface area contributed by atoms with E-state index in [4.69, 9.17) is 10.5 Å². The van der Waals surface area contributed by atoms with Gasteiger partial charge in [-0.15, -0.1) is 0 Å². The number of nitrogens with zero attached hydrogens (tertiary/aromatic N) is 1. The molecule has 1 aromatic carbocycles. The molecule has 2 rings (SSSR count). The zero-order valence-electron chi connectivity index (χ0n) is 12.1. The van der Waals surface area contributed by atoms with Gasteiger partial charge in [0.1, 0.15) is 5.82 Å². The number of halogens is 2. The number of piperidine rings is 1. The van der Waals surface area contributed by atoms with Crippen molar-refractivity contribution in [2.75, 3.05) is 25.9 Å². The van der Waals surface area contributed by atoms with Crippen molar-refractivity contribution in [1.82, 2.24) is 4.90 Å². The third-order valence-electron chi connectivity index (χ3n) is 3.91. The van der Waals surface area contributed by atoms with Gasteiger partial charge < -0.3 is 15.4 Å². The minimum atomic E-state index is -0.553. The maximum atomic E-state index is 13.2. The molecule has 0 aliphatic carbocycles. The number of rotatable bonds is 4. The van der Waals surface area contributed by atoms with Crippen LogP contribution in [0.4, 0.5) is 10.1 Å². The fourth-order valence-corrected chi connectivity index (χ4v) is 3.07. The largest absolute Gasteiger partial charge is 0.462 e. The first-order chi connectivity index (χ1) is 9.99. The predicted molar refractivity (Wildman–Crippen MR) is 83.7 cm³/mol. The Kier molecular flexibility index (Phi) is 5.58. The summed E-state index contributed by atoms with van der Waals surface area (Å²) in [5, 5.41) is 0. The Hall–Kier alpha value is -1.14. The Labute approximate surface area is 132 Å². The van der Waals surface area contributed by atoms with Gasteiger partial charge in [-0.25, -0.2) is 9.18 Å². The van der Waals surface area contributed by atoms with E-state index in [2.05, 4.69) is 27.9 Å². The molecule has 0 spiro atoms. The molecule has 0 bridgehead atoms. The number of likely N-dealkylation sites (tertiary alicyclic amines) is 1. The zero-order chi connectivity index (χ0) is 15.4. The van der Waals surface area contributed by atoms with Crippen LogP contribution in [0.25, 0.3) is 0 Å². The minimum Gasteiger partial charge on any atom is -0.462 e. The Morgan fingerprint density at radius 3 is 3.00 bits per heavy atom. The summed E-state index contributed by atoms with van der Waals surface area (Å²) in [5.41, 5.74) is 5.68. The topological polar surface area (TPSA) is 55.6 Å². The normalized spacial score (nSPS) is 19.5. The van der Waals surface area contributed by atoms with Crippen LogP contribution in [0.5, 0.6) is 0 Å². The zero-order valence-corrected chi connectivity index (χ0v) is 13.7. The van der Waals surface area contributed by atoms with Crippen molar-refractivity contribution in [1.29, 1.82) is 0 Å². The van der Waals surface area contributed by atoms with E-state index in [1.807, 2.05) is 0 Å². The number of ether oxygens (including phenoxy) is 1. The van der Waals surface area contributed by atoms with Crippen LogP contribution in [0.2, 0.25) is 0 Å². The second-order valence-corrected chi connectivity index (χ2v) is 6.26. The highest BCUT2D eigenvalue weighted by Crippen LogP contribution is 2.24. The predicted octanol–water partition coefficient (Wildman–Crippen LogP) is 3.20. The first-order valence-corrected chi connectivity index (χ1v) is 7.90. The Bertz CT molecular complexity index is 525.